The van der Waals surface area contributed by atoms with E-state index in [-0.39, 0.29) is 6.79 Å². The first-order chi connectivity index (χ1) is 11.8. The number of hydrogen-bond donors (Lipinski definition) is 1. The summed E-state index contributed by atoms with van der Waals surface area (Å²) >= 11 is 5.30. The molecule has 0 aliphatic carbocycles. The lowest BCUT2D eigenvalue weighted by atomic mass is 10.2. The number of nitrogens with one attached hydrogen (secondary N) is 1. The number of aromatic amines is 1. The molecule has 0 saturated carbocycles. The highest BCUT2D eigenvalue weighted by Gasteiger charge is 2.12. The lowest BCUT2D eigenvalue weighted by Gasteiger charge is -2.03. The van der Waals surface area contributed by atoms with Crippen LogP contribution < -0.4 is 9.47 Å². The van der Waals surface area contributed by atoms with Gasteiger partial charge in [-0.3, -0.25) is 4.57 Å². The second kappa shape index (κ2) is 6.29. The zero-order chi connectivity index (χ0) is 16.4. The summed E-state index contributed by atoms with van der Waals surface area (Å²) < 4.78 is 13.1. The van der Waals surface area contributed by atoms with E-state index in [2.05, 4.69) is 15.2 Å². The molecule has 0 bridgehead atoms. The average molecular weight is 338 g/mol. The highest BCUT2D eigenvalue weighted by molar-refractivity contribution is 7.71. The van der Waals surface area contributed by atoms with Crippen LogP contribution in [0.3, 0.4) is 0 Å². The molecule has 24 heavy (non-hydrogen) atoms. The van der Waals surface area contributed by atoms with E-state index in [9.17, 15) is 0 Å². The van der Waals surface area contributed by atoms with Crippen molar-refractivity contribution in [3.8, 4) is 11.5 Å². The molecule has 1 N–H and O–H groups in total. The van der Waals surface area contributed by atoms with Crippen molar-refractivity contribution in [2.24, 2.45) is 4.99 Å². The molecule has 0 amide bonds. The molecule has 4 rings (SSSR count). The standard InChI is InChI=1S/C17H14N4O2S/c24-17-20-19-16(21(17)10-12-4-2-1-3-5-12)18-9-13-6-7-14-15(8-13)23-11-22-14/h1-9H,10-11H2,(H,20,24). The van der Waals surface area contributed by atoms with Gasteiger partial charge in [0, 0.05) is 6.21 Å². The zero-order valence-corrected chi connectivity index (χ0v) is 13.5. The van der Waals surface area contributed by atoms with Gasteiger partial charge in [0.25, 0.3) is 0 Å². The molecule has 0 atom stereocenters. The number of ether oxygens (including phenoxy) is 2. The predicted octanol–water partition coefficient (Wildman–Crippen LogP) is 3.47. The van der Waals surface area contributed by atoms with E-state index in [1.807, 2.05) is 53.1 Å². The van der Waals surface area contributed by atoms with Gasteiger partial charge in [-0.05, 0) is 41.5 Å². The van der Waals surface area contributed by atoms with Crippen molar-refractivity contribution < 1.29 is 9.47 Å². The number of aliphatic imine (C=N–C) groups is 1. The van der Waals surface area contributed by atoms with E-state index < -0.39 is 0 Å². The maximum atomic E-state index is 5.37. The molecule has 1 aliphatic rings. The highest BCUT2D eigenvalue weighted by atomic mass is 32.1. The predicted molar refractivity (Wildman–Crippen MR) is 92.8 cm³/mol. The number of H-pyrrole nitrogens is 1. The third-order valence-corrected chi connectivity index (χ3v) is 3.96. The quantitative estimate of drug-likeness (QED) is 0.584. The Morgan fingerprint density at radius 3 is 2.88 bits per heavy atom. The van der Waals surface area contributed by atoms with Crippen molar-refractivity contribution in [3.63, 3.8) is 0 Å². The van der Waals surface area contributed by atoms with Gasteiger partial charge >= 0.3 is 0 Å². The number of fused-ring (bicyclic) bond motifs is 1. The van der Waals surface area contributed by atoms with Gasteiger partial charge in [-0.15, -0.1) is 5.10 Å². The summed E-state index contributed by atoms with van der Waals surface area (Å²) in [6, 6.07) is 15.7. The molecule has 7 heteroatoms. The normalized spacial score (nSPS) is 12.8. The zero-order valence-electron chi connectivity index (χ0n) is 12.7. The van der Waals surface area contributed by atoms with E-state index >= 15 is 0 Å². The molecule has 2 heterocycles. The first kappa shape index (κ1) is 14.6. The van der Waals surface area contributed by atoms with E-state index in [1.165, 1.54) is 0 Å². The Labute approximate surface area is 143 Å². The summed E-state index contributed by atoms with van der Waals surface area (Å²) in [6.45, 7) is 0.871. The molecular formula is C17H14N4O2S. The Morgan fingerprint density at radius 2 is 2.00 bits per heavy atom. The minimum atomic E-state index is 0.256. The van der Waals surface area contributed by atoms with E-state index in [0.29, 0.717) is 17.3 Å². The number of hydrogen-bond acceptors (Lipinski definition) is 5. The van der Waals surface area contributed by atoms with Crippen LogP contribution in [0, 0.1) is 4.77 Å². The monoisotopic (exact) mass is 338 g/mol. The van der Waals surface area contributed by atoms with Crippen molar-refractivity contribution in [1.82, 2.24) is 14.8 Å². The second-order valence-corrected chi connectivity index (χ2v) is 5.66. The number of aromatic nitrogens is 3. The maximum Gasteiger partial charge on any atom is 0.249 e. The van der Waals surface area contributed by atoms with E-state index in [1.54, 1.807) is 6.21 Å². The molecule has 3 aromatic rings. The summed E-state index contributed by atoms with van der Waals surface area (Å²) in [4.78, 5) is 4.45. The first-order valence-corrected chi connectivity index (χ1v) is 7.83. The van der Waals surface area contributed by atoms with Crippen molar-refractivity contribution >= 4 is 24.4 Å². The van der Waals surface area contributed by atoms with Gasteiger partial charge in [0.2, 0.25) is 12.7 Å². The number of nitrogens with zero attached hydrogens (tertiary/aromatic N) is 3. The molecule has 2 aromatic carbocycles. The van der Waals surface area contributed by atoms with Crippen LogP contribution in [0.2, 0.25) is 0 Å². The maximum absolute atomic E-state index is 5.37. The van der Waals surface area contributed by atoms with Crippen LogP contribution in [0.25, 0.3) is 0 Å². The molecule has 6 nitrogen and oxygen atoms in total. The van der Waals surface area contributed by atoms with E-state index in [4.69, 9.17) is 21.7 Å². The van der Waals surface area contributed by atoms with Gasteiger partial charge in [-0.25, -0.2) is 10.1 Å². The second-order valence-electron chi connectivity index (χ2n) is 5.27. The minimum absolute atomic E-state index is 0.256. The third kappa shape index (κ3) is 2.93. The van der Waals surface area contributed by atoms with Crippen molar-refractivity contribution in [2.75, 3.05) is 6.79 Å². The fourth-order valence-corrected chi connectivity index (χ4v) is 2.63. The lowest BCUT2D eigenvalue weighted by Crippen LogP contribution is -1.99. The summed E-state index contributed by atoms with van der Waals surface area (Å²) in [5.41, 5.74) is 2.04. The smallest absolute Gasteiger partial charge is 0.249 e. The fourth-order valence-electron chi connectivity index (χ4n) is 2.44. The lowest BCUT2D eigenvalue weighted by molar-refractivity contribution is 0.174. The number of rotatable bonds is 4. The third-order valence-electron chi connectivity index (χ3n) is 3.65. The van der Waals surface area contributed by atoms with Crippen LogP contribution in [0.1, 0.15) is 11.1 Å². The summed E-state index contributed by atoms with van der Waals surface area (Å²) in [7, 11) is 0. The molecule has 0 radical (unpaired) electrons. The molecule has 0 saturated heterocycles. The van der Waals surface area contributed by atoms with Crippen LogP contribution in [0.4, 0.5) is 5.95 Å². The van der Waals surface area contributed by atoms with E-state index in [0.717, 1.165) is 22.6 Å². The molecule has 0 spiro atoms. The summed E-state index contributed by atoms with van der Waals surface area (Å²) in [5.74, 6) is 2.00. The van der Waals surface area contributed by atoms with Gasteiger partial charge in [-0.1, -0.05) is 30.3 Å². The molecule has 1 aliphatic heterocycles. The molecule has 0 unspecified atom stereocenters. The molecular weight excluding hydrogens is 324 g/mol. The van der Waals surface area contributed by atoms with Gasteiger partial charge in [0.05, 0.1) is 6.54 Å². The highest BCUT2D eigenvalue weighted by Crippen LogP contribution is 2.32. The Balaban J connectivity index is 1.60. The molecule has 0 fully saturated rings. The largest absolute Gasteiger partial charge is 0.454 e. The van der Waals surface area contributed by atoms with Crippen LogP contribution in [-0.2, 0) is 6.54 Å². The Hall–Kier alpha value is -2.93. The minimum Gasteiger partial charge on any atom is -0.454 e. The SMILES string of the molecule is S=c1[nH]nc(N=Cc2ccc3c(c2)OCO3)n1Cc1ccccc1. The number of benzene rings is 2. The van der Waals surface area contributed by atoms with Gasteiger partial charge in [0.15, 0.2) is 16.3 Å². The van der Waals surface area contributed by atoms with Crippen molar-refractivity contribution in [3.05, 3.63) is 64.4 Å². The molecule has 120 valence electrons. The van der Waals surface area contributed by atoms with Crippen molar-refractivity contribution in [1.29, 1.82) is 0 Å². The van der Waals surface area contributed by atoms with Crippen LogP contribution in [0.15, 0.2) is 53.5 Å². The fraction of sp³-hybridized carbons (Fsp3) is 0.118. The summed E-state index contributed by atoms with van der Waals surface area (Å²) in [6.07, 6.45) is 1.73. The average Bonchev–Trinajstić information content (AvgIpc) is 3.21. The van der Waals surface area contributed by atoms with Crippen LogP contribution in [0.5, 0.6) is 11.5 Å². The molecule has 1 aromatic heterocycles. The Bertz CT molecular complexity index is 947. The van der Waals surface area contributed by atoms with Crippen LogP contribution in [-0.4, -0.2) is 27.8 Å². The summed E-state index contributed by atoms with van der Waals surface area (Å²) in [5, 5.41) is 6.98. The topological polar surface area (TPSA) is 64.4 Å². The van der Waals surface area contributed by atoms with Crippen molar-refractivity contribution in [2.45, 2.75) is 6.54 Å². The Morgan fingerprint density at radius 1 is 1.17 bits per heavy atom. The van der Waals surface area contributed by atoms with Crippen LogP contribution >= 0.6 is 12.2 Å². The van der Waals surface area contributed by atoms with Gasteiger partial charge in [-0.2, -0.15) is 0 Å². The first-order valence-electron chi connectivity index (χ1n) is 7.42. The van der Waals surface area contributed by atoms with Gasteiger partial charge < -0.3 is 9.47 Å². The van der Waals surface area contributed by atoms with Gasteiger partial charge in [0.1, 0.15) is 0 Å². The Kier molecular flexibility index (Phi) is 3.84.